The Labute approximate surface area is 164 Å². The van der Waals surface area contributed by atoms with Gasteiger partial charge in [-0.15, -0.1) is 0 Å². The second-order valence-electron chi connectivity index (χ2n) is 7.15. The van der Waals surface area contributed by atoms with E-state index in [9.17, 15) is 4.79 Å². The summed E-state index contributed by atoms with van der Waals surface area (Å²) in [5.74, 6) is -0.111. The van der Waals surface area contributed by atoms with E-state index >= 15 is 0 Å². The van der Waals surface area contributed by atoms with Gasteiger partial charge in [0.2, 0.25) is 0 Å². The standard InChI is InChI=1S/C24H23N3O/c1-16-15-17(2)27-14-13-22(23(27)25-16)24(28)26-18(3)19-9-11-21(12-10-19)20-7-5-4-6-8-20/h4-15,18H,1-3H3,(H,26,28). The third kappa shape index (κ3) is 3.41. The van der Waals surface area contributed by atoms with Crippen LogP contribution < -0.4 is 5.32 Å². The first-order chi connectivity index (χ1) is 13.5. The van der Waals surface area contributed by atoms with Gasteiger partial charge in [0.25, 0.3) is 5.91 Å². The first kappa shape index (κ1) is 18.0. The van der Waals surface area contributed by atoms with Gasteiger partial charge in [-0.1, -0.05) is 54.6 Å². The van der Waals surface area contributed by atoms with Gasteiger partial charge in [-0.25, -0.2) is 4.98 Å². The lowest BCUT2D eigenvalue weighted by molar-refractivity contribution is 0.0941. The Bertz CT molecular complexity index is 1130. The molecule has 4 rings (SSSR count). The summed E-state index contributed by atoms with van der Waals surface area (Å²) in [5.41, 5.74) is 6.67. The third-order valence-corrected chi connectivity index (χ3v) is 5.05. The SMILES string of the molecule is Cc1cc(C)n2ccc(C(=O)NC(C)c3ccc(-c4ccccc4)cc3)c2n1. The Hall–Kier alpha value is -3.40. The average molecular weight is 369 g/mol. The van der Waals surface area contributed by atoms with Crippen molar-refractivity contribution >= 4 is 11.6 Å². The van der Waals surface area contributed by atoms with Crippen LogP contribution in [-0.4, -0.2) is 15.3 Å². The largest absolute Gasteiger partial charge is 0.345 e. The fourth-order valence-electron chi connectivity index (χ4n) is 3.52. The van der Waals surface area contributed by atoms with E-state index in [0.717, 1.165) is 22.5 Å². The van der Waals surface area contributed by atoms with Crippen LogP contribution in [-0.2, 0) is 0 Å². The molecular formula is C24H23N3O. The summed E-state index contributed by atoms with van der Waals surface area (Å²) in [6.45, 7) is 5.95. The van der Waals surface area contributed by atoms with Crippen LogP contribution in [0.3, 0.4) is 0 Å². The lowest BCUT2D eigenvalue weighted by atomic mass is 10.0. The zero-order valence-corrected chi connectivity index (χ0v) is 16.3. The molecule has 2 heterocycles. The third-order valence-electron chi connectivity index (χ3n) is 5.05. The van der Waals surface area contributed by atoms with Gasteiger partial charge >= 0.3 is 0 Å². The molecule has 0 saturated heterocycles. The summed E-state index contributed by atoms with van der Waals surface area (Å²) < 4.78 is 1.95. The molecule has 140 valence electrons. The van der Waals surface area contributed by atoms with Gasteiger partial charge < -0.3 is 9.72 Å². The maximum Gasteiger partial charge on any atom is 0.255 e. The van der Waals surface area contributed by atoms with Gasteiger partial charge in [0.05, 0.1) is 11.6 Å². The molecule has 1 atom stereocenters. The number of hydrogen-bond acceptors (Lipinski definition) is 2. The van der Waals surface area contributed by atoms with Gasteiger partial charge in [-0.2, -0.15) is 0 Å². The maximum atomic E-state index is 12.9. The molecule has 0 saturated carbocycles. The molecule has 4 aromatic rings. The Balaban J connectivity index is 1.54. The number of nitrogens with one attached hydrogen (secondary N) is 1. The molecule has 0 bridgehead atoms. The summed E-state index contributed by atoms with van der Waals surface area (Å²) >= 11 is 0. The van der Waals surface area contributed by atoms with Crippen molar-refractivity contribution in [1.82, 2.24) is 14.7 Å². The molecule has 1 N–H and O–H groups in total. The predicted octanol–water partition coefficient (Wildman–Crippen LogP) is 5.11. The number of nitrogens with zero attached hydrogens (tertiary/aromatic N) is 2. The van der Waals surface area contributed by atoms with Crippen molar-refractivity contribution in [3.05, 3.63) is 95.4 Å². The van der Waals surface area contributed by atoms with E-state index in [1.54, 1.807) is 0 Å². The number of carbonyl (C=O) groups is 1. The van der Waals surface area contributed by atoms with Crippen molar-refractivity contribution in [3.63, 3.8) is 0 Å². The number of hydrogen-bond donors (Lipinski definition) is 1. The normalized spacial score (nSPS) is 12.1. The molecule has 0 aliphatic heterocycles. The average Bonchev–Trinajstić information content (AvgIpc) is 3.13. The number of amides is 1. The monoisotopic (exact) mass is 369 g/mol. The van der Waals surface area contributed by atoms with E-state index in [-0.39, 0.29) is 11.9 Å². The van der Waals surface area contributed by atoms with E-state index in [4.69, 9.17) is 0 Å². The summed E-state index contributed by atoms with van der Waals surface area (Å²) in [6, 6.07) is 22.3. The minimum Gasteiger partial charge on any atom is -0.345 e. The van der Waals surface area contributed by atoms with Crippen molar-refractivity contribution in [2.75, 3.05) is 0 Å². The lowest BCUT2D eigenvalue weighted by Gasteiger charge is -2.15. The number of carbonyl (C=O) groups excluding carboxylic acids is 1. The van der Waals surface area contributed by atoms with Gasteiger partial charge in [-0.3, -0.25) is 4.79 Å². The Morgan fingerprint density at radius 1 is 0.964 bits per heavy atom. The topological polar surface area (TPSA) is 46.4 Å². The van der Waals surface area contributed by atoms with E-state index in [1.165, 1.54) is 5.56 Å². The number of fused-ring (bicyclic) bond motifs is 1. The molecule has 1 amide bonds. The van der Waals surface area contributed by atoms with Crippen LogP contribution in [0.1, 0.15) is 40.3 Å². The number of rotatable bonds is 4. The Morgan fingerprint density at radius 2 is 1.64 bits per heavy atom. The van der Waals surface area contributed by atoms with Crippen molar-refractivity contribution < 1.29 is 4.79 Å². The van der Waals surface area contributed by atoms with Gasteiger partial charge in [-0.05, 0) is 49.6 Å². The van der Waals surface area contributed by atoms with Crippen LogP contribution in [0, 0.1) is 13.8 Å². The number of benzene rings is 2. The predicted molar refractivity (Wildman–Crippen MR) is 112 cm³/mol. The molecule has 4 nitrogen and oxygen atoms in total. The minimum atomic E-state index is -0.111. The molecule has 0 aliphatic carbocycles. The Kier molecular flexibility index (Phi) is 4.70. The molecular weight excluding hydrogens is 346 g/mol. The summed E-state index contributed by atoms with van der Waals surface area (Å²) in [5, 5.41) is 3.10. The van der Waals surface area contributed by atoms with E-state index in [1.807, 2.05) is 61.7 Å². The highest BCUT2D eigenvalue weighted by atomic mass is 16.1. The lowest BCUT2D eigenvalue weighted by Crippen LogP contribution is -2.26. The van der Waals surface area contributed by atoms with Crippen LogP contribution in [0.25, 0.3) is 16.8 Å². The van der Waals surface area contributed by atoms with Crippen molar-refractivity contribution in [3.8, 4) is 11.1 Å². The molecule has 2 aromatic carbocycles. The molecule has 2 aromatic heterocycles. The molecule has 0 aliphatic rings. The molecule has 0 radical (unpaired) electrons. The van der Waals surface area contributed by atoms with Gasteiger partial charge in [0.1, 0.15) is 5.65 Å². The number of aromatic nitrogens is 2. The van der Waals surface area contributed by atoms with Crippen molar-refractivity contribution in [2.24, 2.45) is 0 Å². The van der Waals surface area contributed by atoms with Crippen LogP contribution in [0.15, 0.2) is 72.9 Å². The highest BCUT2D eigenvalue weighted by molar-refractivity contribution is 6.00. The van der Waals surface area contributed by atoms with Crippen LogP contribution in [0.4, 0.5) is 0 Å². The molecule has 28 heavy (non-hydrogen) atoms. The van der Waals surface area contributed by atoms with E-state index in [0.29, 0.717) is 11.2 Å². The summed E-state index contributed by atoms with van der Waals surface area (Å²) in [4.78, 5) is 17.4. The second-order valence-corrected chi connectivity index (χ2v) is 7.15. The van der Waals surface area contributed by atoms with Crippen LogP contribution >= 0.6 is 0 Å². The maximum absolute atomic E-state index is 12.9. The van der Waals surface area contributed by atoms with Gasteiger partial charge in [0.15, 0.2) is 0 Å². The molecule has 4 heteroatoms. The van der Waals surface area contributed by atoms with E-state index < -0.39 is 0 Å². The summed E-state index contributed by atoms with van der Waals surface area (Å²) in [6.07, 6.45) is 1.89. The first-order valence-corrected chi connectivity index (χ1v) is 9.44. The van der Waals surface area contributed by atoms with Crippen LogP contribution in [0.5, 0.6) is 0 Å². The van der Waals surface area contributed by atoms with Gasteiger partial charge in [0, 0.05) is 17.6 Å². The molecule has 1 unspecified atom stereocenters. The number of aryl methyl sites for hydroxylation is 2. The van der Waals surface area contributed by atoms with E-state index in [2.05, 4.69) is 46.7 Å². The van der Waals surface area contributed by atoms with Crippen LogP contribution in [0.2, 0.25) is 0 Å². The molecule has 0 fully saturated rings. The second kappa shape index (κ2) is 7.31. The fraction of sp³-hybridized carbons (Fsp3) is 0.167. The quantitative estimate of drug-likeness (QED) is 0.543. The smallest absolute Gasteiger partial charge is 0.255 e. The van der Waals surface area contributed by atoms with Crippen molar-refractivity contribution in [2.45, 2.75) is 26.8 Å². The highest BCUT2D eigenvalue weighted by Gasteiger charge is 2.17. The zero-order valence-electron chi connectivity index (χ0n) is 16.3. The highest BCUT2D eigenvalue weighted by Crippen LogP contribution is 2.22. The summed E-state index contributed by atoms with van der Waals surface area (Å²) in [7, 11) is 0. The Morgan fingerprint density at radius 3 is 2.36 bits per heavy atom. The fourth-order valence-corrected chi connectivity index (χ4v) is 3.52. The zero-order chi connectivity index (χ0) is 19.7. The molecule has 0 spiro atoms. The minimum absolute atomic E-state index is 0.0989. The van der Waals surface area contributed by atoms with Crippen molar-refractivity contribution in [1.29, 1.82) is 0 Å². The first-order valence-electron chi connectivity index (χ1n) is 9.44.